The van der Waals surface area contributed by atoms with Gasteiger partial charge in [-0.05, 0) is 54.2 Å². The molecule has 1 aromatic heterocycles. The summed E-state index contributed by atoms with van der Waals surface area (Å²) in [6, 6.07) is 14.8. The van der Waals surface area contributed by atoms with Crippen molar-refractivity contribution < 1.29 is 27.6 Å². The van der Waals surface area contributed by atoms with Gasteiger partial charge in [0.1, 0.15) is 5.75 Å². The van der Waals surface area contributed by atoms with Crippen LogP contribution < -0.4 is 19.7 Å². The molecule has 1 aliphatic rings. The molecule has 1 saturated heterocycles. The zero-order valence-corrected chi connectivity index (χ0v) is 22.3. The number of carboxylic acid groups (broad SMARTS) is 1. The molecule has 2 aromatic carbocycles. The lowest BCUT2D eigenvalue weighted by Gasteiger charge is -2.30. The fourth-order valence-electron chi connectivity index (χ4n) is 4.10. The van der Waals surface area contributed by atoms with Gasteiger partial charge in [-0.1, -0.05) is 43.3 Å². The number of rotatable bonds is 11. The van der Waals surface area contributed by atoms with Crippen LogP contribution in [0.15, 0.2) is 57.9 Å². The van der Waals surface area contributed by atoms with Gasteiger partial charge in [0, 0.05) is 32.1 Å². The third-order valence-corrected chi connectivity index (χ3v) is 7.84. The zero-order valence-electron chi connectivity index (χ0n) is 21.5. The topological polar surface area (TPSA) is 147 Å². The maximum Gasteiger partial charge on any atom is 0.404 e. The lowest BCUT2D eigenvalue weighted by Crippen LogP contribution is -2.35. The predicted octanol–water partition coefficient (Wildman–Crippen LogP) is 3.70. The number of piperidine rings is 1. The van der Waals surface area contributed by atoms with Crippen molar-refractivity contribution in [3.05, 3.63) is 54.4 Å². The van der Waals surface area contributed by atoms with Crippen LogP contribution in [0.25, 0.3) is 11.1 Å². The highest BCUT2D eigenvalue weighted by molar-refractivity contribution is 7.89. The average Bonchev–Trinajstić information content (AvgIpc) is 3.42. The standard InChI is InChI=1S/C26H33N5O6S/c1-18(2)24-29-25(37-30-24)31-15-11-19(12-16-31)17-36-22-7-3-20(4-8-22)21-5-9-23(10-6-21)38(34,35)28-14-13-27-26(32)33/h3-10,18-19,27-28H,11-17H2,1-2H3,(H,32,33). The van der Waals surface area contributed by atoms with Gasteiger partial charge < -0.3 is 24.6 Å². The Labute approximate surface area is 222 Å². The SMILES string of the molecule is CC(C)c1noc(N2CCC(COc3ccc(-c4ccc(S(=O)(=O)NCCNC(=O)O)cc4)cc3)CC2)n1. The van der Waals surface area contributed by atoms with Gasteiger partial charge >= 0.3 is 12.1 Å². The first-order valence-electron chi connectivity index (χ1n) is 12.6. The third-order valence-electron chi connectivity index (χ3n) is 6.36. The molecule has 0 radical (unpaired) electrons. The maximum absolute atomic E-state index is 12.4. The van der Waals surface area contributed by atoms with Crippen LogP contribution in [0, 0.1) is 5.92 Å². The van der Waals surface area contributed by atoms with Gasteiger partial charge in [-0.15, -0.1) is 0 Å². The summed E-state index contributed by atoms with van der Waals surface area (Å²) in [5.41, 5.74) is 1.81. The molecule has 4 rings (SSSR count). The number of sulfonamides is 1. The Bertz CT molecular complexity index is 1300. The van der Waals surface area contributed by atoms with E-state index in [0.29, 0.717) is 18.5 Å². The van der Waals surface area contributed by atoms with Gasteiger partial charge in [0.05, 0.1) is 11.5 Å². The molecule has 1 fully saturated rings. The van der Waals surface area contributed by atoms with E-state index in [9.17, 15) is 13.2 Å². The van der Waals surface area contributed by atoms with Crippen molar-refractivity contribution in [2.45, 2.75) is 37.5 Å². The number of nitrogens with zero attached hydrogens (tertiary/aromatic N) is 3. The van der Waals surface area contributed by atoms with E-state index in [-0.39, 0.29) is 23.9 Å². The lowest BCUT2D eigenvalue weighted by atomic mass is 9.98. The molecule has 38 heavy (non-hydrogen) atoms. The fourth-order valence-corrected chi connectivity index (χ4v) is 5.13. The first-order valence-corrected chi connectivity index (χ1v) is 14.1. The van der Waals surface area contributed by atoms with Gasteiger partial charge in [-0.2, -0.15) is 4.98 Å². The predicted molar refractivity (Wildman–Crippen MR) is 142 cm³/mol. The fraction of sp³-hybridized carbons (Fsp3) is 0.423. The van der Waals surface area contributed by atoms with E-state index in [1.165, 1.54) is 12.1 Å². The minimum Gasteiger partial charge on any atom is -0.493 e. The van der Waals surface area contributed by atoms with Crippen LogP contribution in [0.5, 0.6) is 5.75 Å². The highest BCUT2D eigenvalue weighted by Gasteiger charge is 2.24. The van der Waals surface area contributed by atoms with Crippen LogP contribution in [-0.2, 0) is 10.0 Å². The highest BCUT2D eigenvalue weighted by Crippen LogP contribution is 2.26. The second-order valence-electron chi connectivity index (χ2n) is 9.51. The molecule has 2 heterocycles. The number of carbonyl (C=O) groups is 1. The second-order valence-corrected chi connectivity index (χ2v) is 11.3. The number of hydrogen-bond donors (Lipinski definition) is 3. The summed E-state index contributed by atoms with van der Waals surface area (Å²) in [6.45, 7) is 6.38. The molecule has 1 amide bonds. The van der Waals surface area contributed by atoms with Gasteiger partial charge in [0.15, 0.2) is 5.82 Å². The van der Waals surface area contributed by atoms with E-state index >= 15 is 0 Å². The van der Waals surface area contributed by atoms with Crippen molar-refractivity contribution in [1.29, 1.82) is 0 Å². The van der Waals surface area contributed by atoms with E-state index in [4.69, 9.17) is 14.4 Å². The smallest absolute Gasteiger partial charge is 0.404 e. The highest BCUT2D eigenvalue weighted by atomic mass is 32.2. The summed E-state index contributed by atoms with van der Waals surface area (Å²) in [5.74, 6) is 2.20. The molecular formula is C26H33N5O6S. The average molecular weight is 544 g/mol. The van der Waals surface area contributed by atoms with Crippen molar-refractivity contribution in [2.24, 2.45) is 5.92 Å². The van der Waals surface area contributed by atoms with Crippen LogP contribution in [0.2, 0.25) is 0 Å². The third kappa shape index (κ3) is 7.23. The van der Waals surface area contributed by atoms with Gasteiger partial charge in [0.25, 0.3) is 0 Å². The minimum atomic E-state index is -3.72. The Kier molecular flexibility index (Phi) is 8.85. The number of ether oxygens (including phenoxy) is 1. The van der Waals surface area contributed by atoms with E-state index in [1.807, 2.05) is 38.1 Å². The van der Waals surface area contributed by atoms with Gasteiger partial charge in [-0.3, -0.25) is 0 Å². The van der Waals surface area contributed by atoms with E-state index < -0.39 is 16.1 Å². The van der Waals surface area contributed by atoms with Crippen molar-refractivity contribution >= 4 is 22.1 Å². The molecule has 3 N–H and O–H groups in total. The summed E-state index contributed by atoms with van der Waals surface area (Å²) in [4.78, 5) is 17.2. The van der Waals surface area contributed by atoms with Crippen LogP contribution in [0.1, 0.15) is 38.4 Å². The van der Waals surface area contributed by atoms with Gasteiger partial charge in [0.2, 0.25) is 10.0 Å². The van der Waals surface area contributed by atoms with E-state index in [1.54, 1.807) is 12.1 Å². The Morgan fingerprint density at radius 1 is 1.08 bits per heavy atom. The number of benzene rings is 2. The van der Waals surface area contributed by atoms with Crippen molar-refractivity contribution in [3.63, 3.8) is 0 Å². The first-order chi connectivity index (χ1) is 18.2. The molecule has 0 spiro atoms. The molecule has 0 atom stereocenters. The summed E-state index contributed by atoms with van der Waals surface area (Å²) in [7, 11) is -3.72. The molecule has 0 aliphatic carbocycles. The maximum atomic E-state index is 12.4. The van der Waals surface area contributed by atoms with E-state index in [0.717, 1.165) is 48.6 Å². The van der Waals surface area contributed by atoms with Crippen LogP contribution in [0.4, 0.5) is 10.8 Å². The second kappa shape index (κ2) is 12.3. The first kappa shape index (κ1) is 27.4. The lowest BCUT2D eigenvalue weighted by molar-refractivity contribution is 0.194. The number of anilines is 1. The molecule has 1 aliphatic heterocycles. The minimum absolute atomic E-state index is 0.0143. The normalized spacial score (nSPS) is 14.6. The van der Waals surface area contributed by atoms with Crippen molar-refractivity contribution in [3.8, 4) is 16.9 Å². The Hall–Kier alpha value is -3.64. The molecule has 11 nitrogen and oxygen atoms in total. The summed E-state index contributed by atoms with van der Waals surface area (Å²) in [6.07, 6.45) is 0.766. The molecular weight excluding hydrogens is 510 g/mol. The van der Waals surface area contributed by atoms with Crippen LogP contribution in [-0.4, -0.2) is 62.5 Å². The number of hydrogen-bond acceptors (Lipinski definition) is 8. The monoisotopic (exact) mass is 543 g/mol. The quantitative estimate of drug-likeness (QED) is 0.308. The molecule has 204 valence electrons. The van der Waals surface area contributed by atoms with E-state index in [2.05, 4.69) is 25.1 Å². The Balaban J connectivity index is 1.24. The molecule has 3 aromatic rings. The Morgan fingerprint density at radius 2 is 1.71 bits per heavy atom. The van der Waals surface area contributed by atoms with Crippen molar-refractivity contribution in [2.75, 3.05) is 37.7 Å². The van der Waals surface area contributed by atoms with Crippen LogP contribution in [0.3, 0.4) is 0 Å². The Morgan fingerprint density at radius 3 is 2.29 bits per heavy atom. The molecule has 0 unspecified atom stereocenters. The number of amides is 1. The summed E-state index contributed by atoms with van der Waals surface area (Å²) in [5, 5.41) is 14.7. The number of aromatic nitrogens is 2. The van der Waals surface area contributed by atoms with Crippen LogP contribution >= 0.6 is 0 Å². The summed E-state index contributed by atoms with van der Waals surface area (Å²) >= 11 is 0. The summed E-state index contributed by atoms with van der Waals surface area (Å²) < 4.78 is 38.6. The largest absolute Gasteiger partial charge is 0.493 e. The number of nitrogens with one attached hydrogen (secondary N) is 2. The molecule has 0 bridgehead atoms. The van der Waals surface area contributed by atoms with Crippen molar-refractivity contribution in [1.82, 2.24) is 20.2 Å². The molecule has 12 heteroatoms. The van der Waals surface area contributed by atoms with Gasteiger partial charge in [-0.25, -0.2) is 17.9 Å². The molecule has 0 saturated carbocycles. The zero-order chi connectivity index (χ0) is 27.1.